The van der Waals surface area contributed by atoms with Crippen LogP contribution in [-0.2, 0) is 27.0 Å². The van der Waals surface area contributed by atoms with Crippen LogP contribution in [0.2, 0.25) is 0 Å². The van der Waals surface area contributed by atoms with Gasteiger partial charge in [0.05, 0.1) is 18.3 Å². The molecule has 1 unspecified atom stereocenters. The average Bonchev–Trinajstić information content (AvgIpc) is 2.81. The van der Waals surface area contributed by atoms with Gasteiger partial charge in [0.15, 0.2) is 0 Å². The molecule has 1 N–H and O–H groups in total. The molecule has 184 valence electrons. The molecule has 3 saturated heterocycles. The Morgan fingerprint density at radius 2 is 1.88 bits per heavy atom. The third kappa shape index (κ3) is 6.93. The van der Waals surface area contributed by atoms with E-state index in [1.165, 1.54) is 12.1 Å². The van der Waals surface area contributed by atoms with Gasteiger partial charge in [0.25, 0.3) is 0 Å². The Morgan fingerprint density at radius 3 is 2.55 bits per heavy atom. The number of benzene rings is 1. The van der Waals surface area contributed by atoms with Gasteiger partial charge in [-0.3, -0.25) is 9.69 Å². The number of carbonyl (C=O) groups is 1. The zero-order chi connectivity index (χ0) is 23.3. The summed E-state index contributed by atoms with van der Waals surface area (Å²) < 4.78 is 50.4. The van der Waals surface area contributed by atoms with E-state index in [4.69, 9.17) is 9.47 Å². The van der Waals surface area contributed by atoms with E-state index in [-0.39, 0.29) is 17.4 Å². The molecule has 4 rings (SSSR count). The van der Waals surface area contributed by atoms with Gasteiger partial charge in [0.1, 0.15) is 0 Å². The summed E-state index contributed by atoms with van der Waals surface area (Å²) in [4.78, 5) is 14.5. The van der Waals surface area contributed by atoms with Crippen molar-refractivity contribution in [3.8, 4) is 0 Å². The molecule has 1 aromatic rings. The lowest BCUT2D eigenvalue weighted by molar-refractivity contribution is -0.137. The van der Waals surface area contributed by atoms with Crippen LogP contribution in [0.1, 0.15) is 56.1 Å². The number of hydrogen-bond acceptors (Lipinski definition) is 4. The number of ether oxygens (including phenoxy) is 2. The Labute approximate surface area is 194 Å². The second-order valence-electron chi connectivity index (χ2n) is 10.0. The molecule has 0 bridgehead atoms. The van der Waals surface area contributed by atoms with Gasteiger partial charge in [0, 0.05) is 32.7 Å². The minimum Gasteiger partial charge on any atom is -0.381 e. The summed E-state index contributed by atoms with van der Waals surface area (Å²) in [6.45, 7) is 5.05. The van der Waals surface area contributed by atoms with Crippen molar-refractivity contribution in [3.05, 3.63) is 35.4 Å². The number of piperidine rings is 1. The van der Waals surface area contributed by atoms with E-state index in [1.54, 1.807) is 6.07 Å². The van der Waals surface area contributed by atoms with Crippen molar-refractivity contribution in [1.82, 2.24) is 10.2 Å². The molecule has 1 aromatic carbocycles. The van der Waals surface area contributed by atoms with Crippen LogP contribution in [-0.4, -0.2) is 56.4 Å². The fraction of sp³-hybridized carbons (Fsp3) is 0.720. The van der Waals surface area contributed by atoms with Crippen molar-refractivity contribution >= 4 is 5.91 Å². The van der Waals surface area contributed by atoms with Crippen LogP contribution in [0.25, 0.3) is 0 Å². The molecule has 1 amide bonds. The lowest BCUT2D eigenvalue weighted by Gasteiger charge is -2.45. The molecule has 3 aliphatic rings. The molecular weight excluding hydrogens is 433 g/mol. The number of alkyl halides is 3. The number of likely N-dealkylation sites (tertiary alicyclic amines) is 1. The minimum absolute atomic E-state index is 0.0670. The highest BCUT2D eigenvalue weighted by atomic mass is 19.4. The van der Waals surface area contributed by atoms with E-state index >= 15 is 0 Å². The molecule has 3 heterocycles. The normalized spacial score (nSPS) is 24.6. The maximum absolute atomic E-state index is 13.0. The summed E-state index contributed by atoms with van der Waals surface area (Å²) in [6, 6.07) is 5.64. The number of halogens is 3. The SMILES string of the molecule is O=C(CC1CCOCC1)NCC1CCC2(CCN(Cc3cccc(C(F)(F)F)c3)CC2)CO1. The number of amides is 1. The van der Waals surface area contributed by atoms with Crippen LogP contribution in [0.3, 0.4) is 0 Å². The number of carbonyl (C=O) groups excluding carboxylic acids is 1. The van der Waals surface area contributed by atoms with Crippen molar-refractivity contribution in [2.24, 2.45) is 11.3 Å². The van der Waals surface area contributed by atoms with E-state index in [9.17, 15) is 18.0 Å². The average molecular weight is 469 g/mol. The van der Waals surface area contributed by atoms with E-state index in [0.29, 0.717) is 37.6 Å². The first-order chi connectivity index (χ1) is 15.8. The maximum atomic E-state index is 13.0. The number of hydrogen-bond donors (Lipinski definition) is 1. The standard InChI is InChI=1S/C25H35F3N2O3/c26-25(27,28)21-3-1-2-20(14-21)17-30-10-8-24(9-11-30)7-4-22(33-18-24)16-29-23(31)15-19-5-12-32-13-6-19/h1-3,14,19,22H,4-13,15-18H2,(H,29,31). The minimum atomic E-state index is -4.30. The predicted octanol–water partition coefficient (Wildman–Crippen LogP) is 4.40. The summed E-state index contributed by atoms with van der Waals surface area (Å²) in [5.41, 5.74) is 0.282. The Bertz CT molecular complexity index is 777. The van der Waals surface area contributed by atoms with Crippen molar-refractivity contribution in [2.45, 2.75) is 63.8 Å². The van der Waals surface area contributed by atoms with Crippen LogP contribution in [0.4, 0.5) is 13.2 Å². The third-order valence-electron chi connectivity index (χ3n) is 7.54. The third-order valence-corrected chi connectivity index (χ3v) is 7.54. The van der Waals surface area contributed by atoms with Crippen molar-refractivity contribution in [1.29, 1.82) is 0 Å². The Kier molecular flexibility index (Phi) is 7.97. The van der Waals surface area contributed by atoms with Gasteiger partial charge in [-0.25, -0.2) is 0 Å². The van der Waals surface area contributed by atoms with Gasteiger partial charge in [-0.15, -0.1) is 0 Å². The Morgan fingerprint density at radius 1 is 1.12 bits per heavy atom. The molecule has 0 aliphatic carbocycles. The highest BCUT2D eigenvalue weighted by molar-refractivity contribution is 5.76. The lowest BCUT2D eigenvalue weighted by atomic mass is 9.73. The molecule has 0 saturated carbocycles. The maximum Gasteiger partial charge on any atom is 0.416 e. The monoisotopic (exact) mass is 468 g/mol. The quantitative estimate of drug-likeness (QED) is 0.673. The van der Waals surface area contributed by atoms with Crippen LogP contribution >= 0.6 is 0 Å². The van der Waals surface area contributed by atoms with Gasteiger partial charge < -0.3 is 14.8 Å². The molecule has 8 heteroatoms. The van der Waals surface area contributed by atoms with Crippen LogP contribution in [0, 0.1) is 11.3 Å². The summed E-state index contributed by atoms with van der Waals surface area (Å²) in [5, 5.41) is 3.05. The topological polar surface area (TPSA) is 50.8 Å². The molecule has 1 atom stereocenters. The fourth-order valence-electron chi connectivity index (χ4n) is 5.27. The van der Waals surface area contributed by atoms with E-state index in [2.05, 4.69) is 10.2 Å². The molecule has 3 fully saturated rings. The zero-order valence-electron chi connectivity index (χ0n) is 19.2. The number of nitrogens with zero attached hydrogens (tertiary/aromatic N) is 1. The highest BCUT2D eigenvalue weighted by Crippen LogP contribution is 2.41. The lowest BCUT2D eigenvalue weighted by Crippen LogP contribution is -2.47. The first-order valence-corrected chi connectivity index (χ1v) is 12.2. The fourth-order valence-corrected chi connectivity index (χ4v) is 5.27. The van der Waals surface area contributed by atoms with Gasteiger partial charge in [-0.05, 0) is 74.6 Å². The van der Waals surface area contributed by atoms with E-state index in [1.807, 2.05) is 0 Å². The molecular formula is C25H35F3N2O3. The zero-order valence-corrected chi connectivity index (χ0v) is 19.2. The summed E-state index contributed by atoms with van der Waals surface area (Å²) in [5.74, 6) is 0.532. The highest BCUT2D eigenvalue weighted by Gasteiger charge is 2.39. The van der Waals surface area contributed by atoms with Crippen molar-refractivity contribution < 1.29 is 27.4 Å². The van der Waals surface area contributed by atoms with Gasteiger partial charge in [-0.1, -0.05) is 18.2 Å². The Hall–Kier alpha value is -1.64. The van der Waals surface area contributed by atoms with Crippen LogP contribution in [0.5, 0.6) is 0 Å². The van der Waals surface area contributed by atoms with Gasteiger partial charge in [-0.2, -0.15) is 13.2 Å². The van der Waals surface area contributed by atoms with Crippen molar-refractivity contribution in [2.75, 3.05) is 39.5 Å². The van der Waals surface area contributed by atoms with E-state index in [0.717, 1.165) is 70.9 Å². The molecule has 33 heavy (non-hydrogen) atoms. The van der Waals surface area contributed by atoms with Gasteiger partial charge >= 0.3 is 6.18 Å². The van der Waals surface area contributed by atoms with Crippen LogP contribution in [0.15, 0.2) is 24.3 Å². The summed E-state index contributed by atoms with van der Waals surface area (Å²) >= 11 is 0. The predicted molar refractivity (Wildman–Crippen MR) is 119 cm³/mol. The molecule has 0 aromatic heterocycles. The second kappa shape index (κ2) is 10.7. The number of rotatable bonds is 6. The Balaban J connectivity index is 1.16. The summed E-state index contributed by atoms with van der Waals surface area (Å²) in [6.07, 6.45) is 2.25. The molecule has 3 aliphatic heterocycles. The van der Waals surface area contributed by atoms with Gasteiger partial charge in [0.2, 0.25) is 5.91 Å². The molecule has 5 nitrogen and oxygen atoms in total. The van der Waals surface area contributed by atoms with Crippen molar-refractivity contribution in [3.63, 3.8) is 0 Å². The summed E-state index contributed by atoms with van der Waals surface area (Å²) in [7, 11) is 0. The second-order valence-corrected chi connectivity index (χ2v) is 10.0. The number of nitrogens with one attached hydrogen (secondary N) is 1. The largest absolute Gasteiger partial charge is 0.416 e. The van der Waals surface area contributed by atoms with Crippen LogP contribution < -0.4 is 5.32 Å². The molecule has 1 spiro atoms. The molecule has 0 radical (unpaired) electrons. The first-order valence-electron chi connectivity index (χ1n) is 12.2. The first kappa shape index (κ1) is 24.5. The van der Waals surface area contributed by atoms with E-state index < -0.39 is 11.7 Å². The smallest absolute Gasteiger partial charge is 0.381 e.